The van der Waals surface area contributed by atoms with Crippen molar-refractivity contribution in [3.05, 3.63) is 66.2 Å². The maximum Gasteiger partial charge on any atom is 0.126 e. The summed E-state index contributed by atoms with van der Waals surface area (Å²) in [6, 6.07) is 21.2. The minimum absolute atomic E-state index is 0.926. The van der Waals surface area contributed by atoms with E-state index < -0.39 is 0 Å². The van der Waals surface area contributed by atoms with Gasteiger partial charge in [-0.05, 0) is 41.0 Å². The second-order valence-electron chi connectivity index (χ2n) is 4.77. The van der Waals surface area contributed by atoms with Crippen molar-refractivity contribution in [1.29, 1.82) is 0 Å². The first-order valence-corrected chi connectivity index (χ1v) is 6.42. The lowest BCUT2D eigenvalue weighted by Crippen LogP contribution is -1.89. The number of fused-ring (bicyclic) bond motifs is 1. The van der Waals surface area contributed by atoms with Crippen LogP contribution >= 0.6 is 0 Å². The van der Waals surface area contributed by atoms with Gasteiger partial charge >= 0.3 is 0 Å². The monoisotopic (exact) mass is 248 g/mol. The van der Waals surface area contributed by atoms with Gasteiger partial charge in [-0.15, -0.1) is 0 Å². The summed E-state index contributed by atoms with van der Waals surface area (Å²) in [5, 5.41) is 2.51. The van der Waals surface area contributed by atoms with Crippen molar-refractivity contribution in [3.63, 3.8) is 0 Å². The maximum atomic E-state index is 5.49. The van der Waals surface area contributed by atoms with Crippen LogP contribution in [0.1, 0.15) is 5.56 Å². The Hall–Kier alpha value is -2.28. The fraction of sp³-hybridized carbons (Fsp3) is 0.111. The molecule has 0 atom stereocenters. The minimum Gasteiger partial charge on any atom is -0.496 e. The van der Waals surface area contributed by atoms with E-state index in [2.05, 4.69) is 67.6 Å². The van der Waals surface area contributed by atoms with Gasteiger partial charge in [0.2, 0.25) is 0 Å². The zero-order valence-corrected chi connectivity index (χ0v) is 11.2. The van der Waals surface area contributed by atoms with Gasteiger partial charge in [0.05, 0.1) is 7.11 Å². The van der Waals surface area contributed by atoms with Crippen LogP contribution in [-0.4, -0.2) is 7.11 Å². The third-order valence-corrected chi connectivity index (χ3v) is 3.42. The van der Waals surface area contributed by atoms with Crippen molar-refractivity contribution in [1.82, 2.24) is 0 Å². The molecule has 19 heavy (non-hydrogen) atoms. The first-order chi connectivity index (χ1) is 9.28. The Labute approximate surface area is 113 Å². The van der Waals surface area contributed by atoms with E-state index in [1.54, 1.807) is 7.11 Å². The van der Waals surface area contributed by atoms with Crippen LogP contribution in [0, 0.1) is 6.92 Å². The molecule has 0 aromatic heterocycles. The zero-order valence-electron chi connectivity index (χ0n) is 11.2. The standard InChI is InChI=1S/C18H16O/c1-13-7-10-17(18(11-13)19-2)16-9-8-14-5-3-4-6-15(14)12-16/h3-12H,1-2H3. The molecule has 0 unspecified atom stereocenters. The molecule has 0 amide bonds. The van der Waals surface area contributed by atoms with Gasteiger partial charge in [-0.3, -0.25) is 0 Å². The van der Waals surface area contributed by atoms with Gasteiger partial charge in [0.25, 0.3) is 0 Å². The highest BCUT2D eigenvalue weighted by molar-refractivity contribution is 5.88. The number of ether oxygens (including phenoxy) is 1. The van der Waals surface area contributed by atoms with Gasteiger partial charge in [-0.2, -0.15) is 0 Å². The molecule has 0 aliphatic rings. The molecule has 3 aromatic carbocycles. The Morgan fingerprint density at radius 1 is 0.789 bits per heavy atom. The summed E-state index contributed by atoms with van der Waals surface area (Å²) < 4.78 is 5.49. The van der Waals surface area contributed by atoms with Crippen LogP contribution in [-0.2, 0) is 0 Å². The Bertz CT molecular complexity index is 729. The molecule has 1 nitrogen and oxygen atoms in total. The summed E-state index contributed by atoms with van der Waals surface area (Å²) in [7, 11) is 1.72. The first-order valence-electron chi connectivity index (χ1n) is 6.42. The molecule has 1 heteroatoms. The molecular weight excluding hydrogens is 232 g/mol. The Morgan fingerprint density at radius 3 is 2.37 bits per heavy atom. The van der Waals surface area contributed by atoms with Gasteiger partial charge in [0.1, 0.15) is 5.75 Å². The first kappa shape index (κ1) is 11.8. The van der Waals surface area contributed by atoms with E-state index in [-0.39, 0.29) is 0 Å². The summed E-state index contributed by atoms with van der Waals surface area (Å²) >= 11 is 0. The molecule has 0 saturated heterocycles. The number of aryl methyl sites for hydroxylation is 1. The molecule has 0 radical (unpaired) electrons. The van der Waals surface area contributed by atoms with Crippen molar-refractivity contribution in [2.75, 3.05) is 7.11 Å². The fourth-order valence-corrected chi connectivity index (χ4v) is 2.39. The normalized spacial score (nSPS) is 10.6. The molecule has 3 aromatic rings. The number of rotatable bonds is 2. The molecule has 0 aliphatic carbocycles. The van der Waals surface area contributed by atoms with Gasteiger partial charge in [0, 0.05) is 5.56 Å². The molecule has 0 fully saturated rings. The van der Waals surface area contributed by atoms with E-state index in [1.165, 1.54) is 21.9 Å². The van der Waals surface area contributed by atoms with E-state index in [1.807, 2.05) is 0 Å². The van der Waals surface area contributed by atoms with Crippen molar-refractivity contribution >= 4 is 10.8 Å². The number of hydrogen-bond donors (Lipinski definition) is 0. The van der Waals surface area contributed by atoms with E-state index in [4.69, 9.17) is 4.74 Å². The molecule has 0 aliphatic heterocycles. The van der Waals surface area contributed by atoms with E-state index in [0.29, 0.717) is 0 Å². The topological polar surface area (TPSA) is 9.23 Å². The highest BCUT2D eigenvalue weighted by atomic mass is 16.5. The highest BCUT2D eigenvalue weighted by Gasteiger charge is 2.06. The second kappa shape index (κ2) is 4.77. The molecule has 3 rings (SSSR count). The van der Waals surface area contributed by atoms with E-state index >= 15 is 0 Å². The van der Waals surface area contributed by atoms with Gasteiger partial charge in [-0.25, -0.2) is 0 Å². The molecule has 0 N–H and O–H groups in total. The van der Waals surface area contributed by atoms with Crippen LogP contribution in [0.15, 0.2) is 60.7 Å². The SMILES string of the molecule is COc1cc(C)ccc1-c1ccc2ccccc2c1. The third kappa shape index (κ3) is 2.19. The lowest BCUT2D eigenvalue weighted by Gasteiger charge is -2.10. The van der Waals surface area contributed by atoms with Crippen molar-refractivity contribution in [3.8, 4) is 16.9 Å². The van der Waals surface area contributed by atoms with Gasteiger partial charge < -0.3 is 4.74 Å². The minimum atomic E-state index is 0.926. The van der Waals surface area contributed by atoms with Crippen LogP contribution in [0.25, 0.3) is 21.9 Å². The summed E-state index contributed by atoms with van der Waals surface area (Å²) in [6.07, 6.45) is 0. The molecule has 94 valence electrons. The fourth-order valence-electron chi connectivity index (χ4n) is 2.39. The summed E-state index contributed by atoms with van der Waals surface area (Å²) in [5.41, 5.74) is 3.54. The van der Waals surface area contributed by atoms with Crippen LogP contribution in [0.3, 0.4) is 0 Å². The van der Waals surface area contributed by atoms with E-state index in [9.17, 15) is 0 Å². The molecule has 0 heterocycles. The van der Waals surface area contributed by atoms with Crippen LogP contribution in [0.5, 0.6) is 5.75 Å². The summed E-state index contributed by atoms with van der Waals surface area (Å²) in [4.78, 5) is 0. The number of methoxy groups -OCH3 is 1. The predicted octanol–water partition coefficient (Wildman–Crippen LogP) is 4.82. The summed E-state index contributed by atoms with van der Waals surface area (Å²) in [6.45, 7) is 2.08. The van der Waals surface area contributed by atoms with Crippen molar-refractivity contribution < 1.29 is 4.74 Å². The summed E-state index contributed by atoms with van der Waals surface area (Å²) in [5.74, 6) is 0.926. The zero-order chi connectivity index (χ0) is 13.2. The largest absolute Gasteiger partial charge is 0.496 e. The van der Waals surface area contributed by atoms with Gasteiger partial charge in [-0.1, -0.05) is 48.5 Å². The quantitative estimate of drug-likeness (QED) is 0.631. The molecule has 0 spiro atoms. The maximum absolute atomic E-state index is 5.49. The Kier molecular flexibility index (Phi) is 2.96. The molecule has 0 bridgehead atoms. The Morgan fingerprint density at radius 2 is 1.58 bits per heavy atom. The Balaban J connectivity index is 2.18. The van der Waals surface area contributed by atoms with Crippen LogP contribution in [0.4, 0.5) is 0 Å². The molecular formula is C18H16O. The van der Waals surface area contributed by atoms with Crippen molar-refractivity contribution in [2.24, 2.45) is 0 Å². The second-order valence-corrected chi connectivity index (χ2v) is 4.77. The average Bonchev–Trinajstić information content (AvgIpc) is 2.46. The lowest BCUT2D eigenvalue weighted by atomic mass is 9.99. The van der Waals surface area contributed by atoms with Crippen LogP contribution in [0.2, 0.25) is 0 Å². The third-order valence-electron chi connectivity index (χ3n) is 3.42. The lowest BCUT2D eigenvalue weighted by molar-refractivity contribution is 0.416. The van der Waals surface area contributed by atoms with Crippen LogP contribution < -0.4 is 4.74 Å². The van der Waals surface area contributed by atoms with E-state index in [0.717, 1.165) is 11.3 Å². The molecule has 0 saturated carbocycles. The van der Waals surface area contributed by atoms with Crippen molar-refractivity contribution in [2.45, 2.75) is 6.92 Å². The smallest absolute Gasteiger partial charge is 0.126 e. The average molecular weight is 248 g/mol. The number of benzene rings is 3. The van der Waals surface area contributed by atoms with Gasteiger partial charge in [0.15, 0.2) is 0 Å². The number of hydrogen-bond acceptors (Lipinski definition) is 1. The highest BCUT2D eigenvalue weighted by Crippen LogP contribution is 2.32. The predicted molar refractivity (Wildman–Crippen MR) is 80.7 cm³/mol.